The van der Waals surface area contributed by atoms with Gasteiger partial charge in [0.15, 0.2) is 16.9 Å². The van der Waals surface area contributed by atoms with E-state index in [4.69, 9.17) is 9.15 Å². The Hall–Kier alpha value is -2.22. The number of phenolic OH excluding ortho intramolecular Hbond substituents is 2. The summed E-state index contributed by atoms with van der Waals surface area (Å²) in [5.41, 5.74) is 0.739. The Morgan fingerprint density at radius 2 is 1.91 bits per heavy atom. The van der Waals surface area contributed by atoms with Gasteiger partial charge in [-0.2, -0.15) is 0 Å². The maximum absolute atomic E-state index is 12.2. The molecule has 3 rings (SSSR count). The van der Waals surface area contributed by atoms with Gasteiger partial charge in [-0.25, -0.2) is 0 Å². The first kappa shape index (κ1) is 14.7. The molecule has 0 amide bonds. The predicted octanol–water partition coefficient (Wildman–Crippen LogP) is 3.48. The van der Waals surface area contributed by atoms with E-state index in [1.165, 1.54) is 31.4 Å². The zero-order valence-electron chi connectivity index (χ0n) is 11.5. The highest BCUT2D eigenvalue weighted by Gasteiger charge is 2.13. The van der Waals surface area contributed by atoms with Crippen molar-refractivity contribution in [3.63, 3.8) is 0 Å². The molecule has 2 N–H and O–H groups in total. The summed E-state index contributed by atoms with van der Waals surface area (Å²) in [7, 11) is 1.45. The highest BCUT2D eigenvalue weighted by atomic mass is 127. The number of phenols is 2. The zero-order chi connectivity index (χ0) is 15.9. The topological polar surface area (TPSA) is 79.9 Å². The Bertz CT molecular complexity index is 930. The molecule has 5 nitrogen and oxygen atoms in total. The Kier molecular flexibility index (Phi) is 3.69. The number of fused-ring (bicyclic) bond motifs is 1. The van der Waals surface area contributed by atoms with Crippen molar-refractivity contribution in [3.05, 3.63) is 50.2 Å². The standard InChI is InChI=1S/C16H11IO5/c1-21-15-5-8(4-11(17)16(15)20)14-7-12(19)10-6-9(18)2-3-13(10)22-14/h2-7,18,20H,1H3. The molecule has 2 aromatic carbocycles. The summed E-state index contributed by atoms with van der Waals surface area (Å²) in [5.74, 6) is 0.711. The largest absolute Gasteiger partial charge is 0.508 e. The predicted molar refractivity (Wildman–Crippen MR) is 90.5 cm³/mol. The summed E-state index contributed by atoms with van der Waals surface area (Å²) in [6.45, 7) is 0. The minimum absolute atomic E-state index is 0.00778. The molecule has 0 atom stereocenters. The van der Waals surface area contributed by atoms with Crippen molar-refractivity contribution < 1.29 is 19.4 Å². The molecule has 3 aromatic rings. The van der Waals surface area contributed by atoms with E-state index in [-0.39, 0.29) is 16.9 Å². The lowest BCUT2D eigenvalue weighted by atomic mass is 10.1. The summed E-state index contributed by atoms with van der Waals surface area (Å²) >= 11 is 1.97. The Morgan fingerprint density at radius 1 is 1.14 bits per heavy atom. The molecule has 0 fully saturated rings. The zero-order valence-corrected chi connectivity index (χ0v) is 13.6. The van der Waals surface area contributed by atoms with Gasteiger partial charge >= 0.3 is 0 Å². The Labute approximate surface area is 138 Å². The number of halogens is 1. The van der Waals surface area contributed by atoms with Gasteiger partial charge in [-0.05, 0) is 52.9 Å². The lowest BCUT2D eigenvalue weighted by molar-refractivity contribution is 0.372. The van der Waals surface area contributed by atoms with Crippen molar-refractivity contribution in [2.45, 2.75) is 0 Å². The van der Waals surface area contributed by atoms with E-state index in [0.29, 0.717) is 31.6 Å². The third kappa shape index (κ3) is 2.50. The van der Waals surface area contributed by atoms with Crippen molar-refractivity contribution in [1.29, 1.82) is 0 Å². The van der Waals surface area contributed by atoms with E-state index in [1.54, 1.807) is 12.1 Å². The number of rotatable bonds is 2. The SMILES string of the molecule is COc1cc(-c2cc(=O)c3cc(O)ccc3o2)cc(I)c1O. The fourth-order valence-electron chi connectivity index (χ4n) is 2.16. The molecule has 0 radical (unpaired) electrons. The fourth-order valence-corrected chi connectivity index (χ4v) is 2.76. The third-order valence-electron chi connectivity index (χ3n) is 3.24. The van der Waals surface area contributed by atoms with Crippen LogP contribution in [0.4, 0.5) is 0 Å². The normalized spacial score (nSPS) is 10.8. The van der Waals surface area contributed by atoms with Crippen LogP contribution in [0.2, 0.25) is 0 Å². The number of ether oxygens (including phenoxy) is 1. The molecular weight excluding hydrogens is 399 g/mol. The maximum Gasteiger partial charge on any atom is 0.193 e. The molecule has 0 unspecified atom stereocenters. The quantitative estimate of drug-likeness (QED) is 0.633. The molecule has 112 valence electrons. The van der Waals surface area contributed by atoms with Crippen LogP contribution in [0.1, 0.15) is 0 Å². The van der Waals surface area contributed by atoms with E-state index in [9.17, 15) is 15.0 Å². The number of aromatic hydroxyl groups is 2. The van der Waals surface area contributed by atoms with Crippen LogP contribution < -0.4 is 10.2 Å². The van der Waals surface area contributed by atoms with E-state index < -0.39 is 0 Å². The lowest BCUT2D eigenvalue weighted by Crippen LogP contribution is -2.00. The highest BCUT2D eigenvalue weighted by molar-refractivity contribution is 14.1. The first-order valence-electron chi connectivity index (χ1n) is 6.33. The second-order valence-electron chi connectivity index (χ2n) is 4.66. The van der Waals surface area contributed by atoms with E-state index in [1.807, 2.05) is 22.6 Å². The van der Waals surface area contributed by atoms with Gasteiger partial charge in [-0.15, -0.1) is 0 Å². The van der Waals surface area contributed by atoms with E-state index >= 15 is 0 Å². The first-order valence-corrected chi connectivity index (χ1v) is 7.41. The molecule has 6 heteroatoms. The van der Waals surface area contributed by atoms with Crippen LogP contribution in [-0.2, 0) is 0 Å². The summed E-state index contributed by atoms with van der Waals surface area (Å²) in [4.78, 5) is 12.2. The average Bonchev–Trinajstić information content (AvgIpc) is 2.50. The minimum Gasteiger partial charge on any atom is -0.508 e. The molecular formula is C16H11IO5. The molecule has 0 saturated heterocycles. The molecule has 1 aromatic heterocycles. The number of hydrogen-bond acceptors (Lipinski definition) is 5. The van der Waals surface area contributed by atoms with Gasteiger partial charge in [-0.3, -0.25) is 4.79 Å². The smallest absolute Gasteiger partial charge is 0.193 e. The lowest BCUT2D eigenvalue weighted by Gasteiger charge is -2.09. The van der Waals surface area contributed by atoms with Gasteiger partial charge in [0, 0.05) is 11.6 Å². The maximum atomic E-state index is 12.2. The van der Waals surface area contributed by atoms with Gasteiger partial charge in [-0.1, -0.05) is 0 Å². The van der Waals surface area contributed by atoms with Gasteiger partial charge in [0.05, 0.1) is 16.1 Å². The van der Waals surface area contributed by atoms with E-state index in [0.717, 1.165) is 0 Å². The average molecular weight is 410 g/mol. The third-order valence-corrected chi connectivity index (χ3v) is 4.07. The van der Waals surface area contributed by atoms with E-state index in [2.05, 4.69) is 0 Å². The highest BCUT2D eigenvalue weighted by Crippen LogP contribution is 2.36. The van der Waals surface area contributed by atoms with Gasteiger partial charge in [0.25, 0.3) is 0 Å². The fraction of sp³-hybridized carbons (Fsp3) is 0.0625. The monoisotopic (exact) mass is 410 g/mol. The van der Waals surface area contributed by atoms with Crippen LogP contribution >= 0.6 is 22.6 Å². The first-order chi connectivity index (χ1) is 10.5. The molecule has 1 heterocycles. The molecule has 0 aliphatic carbocycles. The second kappa shape index (κ2) is 5.53. The number of benzene rings is 2. The Morgan fingerprint density at radius 3 is 2.64 bits per heavy atom. The second-order valence-corrected chi connectivity index (χ2v) is 5.83. The van der Waals surface area contributed by atoms with Crippen LogP contribution in [0.25, 0.3) is 22.3 Å². The van der Waals surface area contributed by atoms with Gasteiger partial charge in [0.2, 0.25) is 0 Å². The van der Waals surface area contributed by atoms with Crippen molar-refractivity contribution in [1.82, 2.24) is 0 Å². The summed E-state index contributed by atoms with van der Waals surface area (Å²) < 4.78 is 11.4. The molecule has 0 aliphatic rings. The van der Waals surface area contributed by atoms with Crippen molar-refractivity contribution >= 4 is 33.6 Å². The van der Waals surface area contributed by atoms with Crippen molar-refractivity contribution in [3.8, 4) is 28.6 Å². The van der Waals surface area contributed by atoms with Crippen LogP contribution in [-0.4, -0.2) is 17.3 Å². The molecule has 0 saturated carbocycles. The van der Waals surface area contributed by atoms with Crippen molar-refractivity contribution in [2.24, 2.45) is 0 Å². The molecule has 22 heavy (non-hydrogen) atoms. The van der Waals surface area contributed by atoms with Crippen LogP contribution in [0, 0.1) is 3.57 Å². The van der Waals surface area contributed by atoms with Crippen LogP contribution in [0.3, 0.4) is 0 Å². The molecule has 0 aliphatic heterocycles. The molecule has 0 bridgehead atoms. The van der Waals surface area contributed by atoms with Crippen molar-refractivity contribution in [2.75, 3.05) is 7.11 Å². The summed E-state index contributed by atoms with van der Waals surface area (Å²) in [6, 6.07) is 9.01. The minimum atomic E-state index is -0.255. The van der Waals surface area contributed by atoms with Crippen LogP contribution in [0.5, 0.6) is 17.2 Å². The number of methoxy groups -OCH3 is 1. The number of hydrogen-bond donors (Lipinski definition) is 2. The summed E-state index contributed by atoms with van der Waals surface area (Å²) in [6.07, 6.45) is 0. The molecule has 0 spiro atoms. The summed E-state index contributed by atoms with van der Waals surface area (Å²) in [5, 5.41) is 19.6. The van der Waals surface area contributed by atoms with Crippen LogP contribution in [0.15, 0.2) is 45.6 Å². The van der Waals surface area contributed by atoms with Gasteiger partial charge in [0.1, 0.15) is 17.1 Å². The van der Waals surface area contributed by atoms with Gasteiger partial charge < -0.3 is 19.4 Å². The Balaban J connectivity index is 2.25.